The van der Waals surface area contributed by atoms with Gasteiger partial charge in [-0.05, 0) is 51.7 Å². The Morgan fingerprint density at radius 3 is 2.29 bits per heavy atom. The van der Waals surface area contributed by atoms with Crippen molar-refractivity contribution in [3.8, 4) is 11.9 Å². The molecule has 6 heterocycles. The third-order valence-corrected chi connectivity index (χ3v) is 9.80. The Kier molecular flexibility index (Phi) is 9.60. The lowest BCUT2D eigenvalue weighted by Gasteiger charge is -2.35. The number of halogens is 4. The van der Waals surface area contributed by atoms with Crippen molar-refractivity contribution in [1.82, 2.24) is 39.5 Å². The summed E-state index contributed by atoms with van der Waals surface area (Å²) in [5.41, 5.74) is 1.87. The van der Waals surface area contributed by atoms with Crippen molar-refractivity contribution >= 4 is 17.5 Å². The predicted molar refractivity (Wildman–Crippen MR) is 181 cm³/mol. The summed E-state index contributed by atoms with van der Waals surface area (Å²) in [4.78, 5) is 22.8. The van der Waals surface area contributed by atoms with E-state index in [0.29, 0.717) is 44.4 Å². The topological polar surface area (TPSA) is 135 Å². The highest BCUT2D eigenvalue weighted by molar-refractivity contribution is 5.54. The number of aliphatic hydroxyl groups excluding tert-OH is 1. The molecule has 51 heavy (non-hydrogen) atoms. The number of anilines is 3. The van der Waals surface area contributed by atoms with Gasteiger partial charge in [-0.25, -0.2) is 23.1 Å². The van der Waals surface area contributed by atoms with Crippen LogP contribution < -0.4 is 15.1 Å². The Morgan fingerprint density at radius 2 is 1.63 bits per heavy atom. The fourth-order valence-electron chi connectivity index (χ4n) is 7.00. The smallest absolute Gasteiger partial charge is 0.287 e. The van der Waals surface area contributed by atoms with Crippen LogP contribution in [0, 0.1) is 13.8 Å². The summed E-state index contributed by atoms with van der Waals surface area (Å²) in [5, 5.41) is 22.0. The standard InChI is InChI=1S/C34H43F4N11O2/c1-21-6-13-48(44-21)31-42-29(18-30(43-31)47-14-15-51-25(19-47)20-50)46-11-7-23(8-12-46)26-16-22(2)45-49(26)32-40-27(33(3,35)36)17-28(41-32)39-24-4-9-34(37,38)10-5-24/h6,13,16-18,23-25,50H,4-5,7-12,14-15,19-20H2,1-3H3,(H,39,40,41). The van der Waals surface area contributed by atoms with Crippen LogP contribution in [0.3, 0.4) is 0 Å². The van der Waals surface area contributed by atoms with Gasteiger partial charge in [-0.2, -0.15) is 33.9 Å². The normalized spacial score (nSPS) is 20.6. The lowest BCUT2D eigenvalue weighted by atomic mass is 9.92. The van der Waals surface area contributed by atoms with Crippen LogP contribution in [-0.2, 0) is 10.7 Å². The first kappa shape index (κ1) is 35.0. The minimum Gasteiger partial charge on any atom is -0.394 e. The number of aryl methyl sites for hydroxylation is 2. The molecule has 7 rings (SSSR count). The zero-order valence-corrected chi connectivity index (χ0v) is 28.9. The van der Waals surface area contributed by atoms with Crippen LogP contribution in [0.15, 0.2) is 30.5 Å². The molecule has 274 valence electrons. The minimum atomic E-state index is -3.26. The largest absolute Gasteiger partial charge is 0.394 e. The Morgan fingerprint density at radius 1 is 0.902 bits per heavy atom. The highest BCUT2D eigenvalue weighted by atomic mass is 19.3. The van der Waals surface area contributed by atoms with Crippen molar-refractivity contribution < 1.29 is 27.4 Å². The number of ether oxygens (including phenoxy) is 1. The van der Waals surface area contributed by atoms with Gasteiger partial charge in [-0.15, -0.1) is 0 Å². The second kappa shape index (κ2) is 14.0. The van der Waals surface area contributed by atoms with Gasteiger partial charge in [0.2, 0.25) is 5.92 Å². The first-order valence-electron chi connectivity index (χ1n) is 17.5. The molecule has 2 saturated heterocycles. The minimum absolute atomic E-state index is 0.00879. The number of aromatic nitrogens is 8. The second-order valence-corrected chi connectivity index (χ2v) is 13.9. The molecular weight excluding hydrogens is 670 g/mol. The summed E-state index contributed by atoms with van der Waals surface area (Å²) < 4.78 is 65.9. The number of nitrogens with zero attached hydrogens (tertiary/aromatic N) is 10. The van der Waals surface area contributed by atoms with Crippen molar-refractivity contribution in [3.05, 3.63) is 53.2 Å². The van der Waals surface area contributed by atoms with Gasteiger partial charge in [0, 0.05) is 76.2 Å². The molecule has 1 saturated carbocycles. The van der Waals surface area contributed by atoms with Gasteiger partial charge in [0.1, 0.15) is 23.1 Å². The van der Waals surface area contributed by atoms with Gasteiger partial charge < -0.3 is 25.0 Å². The van der Waals surface area contributed by atoms with E-state index in [0.717, 1.165) is 42.8 Å². The van der Waals surface area contributed by atoms with E-state index in [1.54, 1.807) is 9.36 Å². The molecule has 3 fully saturated rings. The Labute approximate surface area is 293 Å². The molecule has 0 amide bonds. The first-order chi connectivity index (χ1) is 24.3. The maximum atomic E-state index is 14.7. The van der Waals surface area contributed by atoms with Gasteiger partial charge >= 0.3 is 0 Å². The van der Waals surface area contributed by atoms with E-state index in [1.165, 1.54) is 6.07 Å². The van der Waals surface area contributed by atoms with Crippen LogP contribution in [0.1, 0.15) is 74.1 Å². The zero-order chi connectivity index (χ0) is 35.9. The predicted octanol–water partition coefficient (Wildman–Crippen LogP) is 4.94. The fourth-order valence-corrected chi connectivity index (χ4v) is 7.00. The molecule has 1 atom stereocenters. The molecule has 0 bridgehead atoms. The molecule has 2 aliphatic heterocycles. The van der Waals surface area contributed by atoms with Crippen LogP contribution in [0.25, 0.3) is 11.9 Å². The average molecular weight is 714 g/mol. The van der Waals surface area contributed by atoms with E-state index < -0.39 is 17.5 Å². The quantitative estimate of drug-likeness (QED) is 0.229. The number of rotatable bonds is 9. The van der Waals surface area contributed by atoms with Gasteiger partial charge in [-0.1, -0.05) is 0 Å². The molecule has 1 unspecified atom stereocenters. The molecule has 1 aliphatic carbocycles. The molecule has 13 nitrogen and oxygen atoms in total. The van der Waals surface area contributed by atoms with E-state index >= 15 is 0 Å². The lowest BCUT2D eigenvalue weighted by molar-refractivity contribution is -0.0361. The van der Waals surface area contributed by atoms with Crippen molar-refractivity contribution in [2.45, 2.75) is 89.2 Å². The lowest BCUT2D eigenvalue weighted by Crippen LogP contribution is -2.44. The summed E-state index contributed by atoms with van der Waals surface area (Å²) in [6.07, 6.45) is 2.84. The van der Waals surface area contributed by atoms with Crippen molar-refractivity contribution in [2.75, 3.05) is 54.5 Å². The van der Waals surface area contributed by atoms with Crippen molar-refractivity contribution in [3.63, 3.8) is 0 Å². The summed E-state index contributed by atoms with van der Waals surface area (Å²) >= 11 is 0. The summed E-state index contributed by atoms with van der Waals surface area (Å²) in [5.74, 6) is -3.87. The highest BCUT2D eigenvalue weighted by Gasteiger charge is 2.36. The van der Waals surface area contributed by atoms with Gasteiger partial charge in [-0.3, -0.25) is 0 Å². The fraction of sp³-hybridized carbons (Fsp3) is 0.588. The van der Waals surface area contributed by atoms with Crippen LogP contribution in [-0.4, -0.2) is 102 Å². The average Bonchev–Trinajstić information content (AvgIpc) is 3.74. The molecule has 17 heteroatoms. The van der Waals surface area contributed by atoms with Gasteiger partial charge in [0.15, 0.2) is 0 Å². The maximum Gasteiger partial charge on any atom is 0.287 e. The molecular formula is C34H43F4N11O2. The van der Waals surface area contributed by atoms with Gasteiger partial charge in [0.25, 0.3) is 17.8 Å². The number of alkyl halides is 4. The SMILES string of the molecule is Cc1ccn(-c2nc(N3CCC(c4cc(C)nn4-c4nc(NC5CCC(F)(F)CC5)cc(C(C)(F)F)n4)CC3)cc(N3CCOC(CO)C3)n2)n1. The van der Waals surface area contributed by atoms with Gasteiger partial charge in [0.05, 0.1) is 36.4 Å². The molecule has 4 aromatic heterocycles. The third-order valence-electron chi connectivity index (χ3n) is 9.80. The molecule has 0 aromatic carbocycles. The molecule has 3 aliphatic rings. The van der Waals surface area contributed by atoms with Crippen LogP contribution in [0.4, 0.5) is 35.0 Å². The molecule has 0 radical (unpaired) electrons. The van der Waals surface area contributed by atoms with E-state index in [9.17, 15) is 22.7 Å². The van der Waals surface area contributed by atoms with E-state index in [2.05, 4.69) is 35.3 Å². The third kappa shape index (κ3) is 7.93. The van der Waals surface area contributed by atoms with E-state index in [4.69, 9.17) is 14.7 Å². The number of piperidine rings is 1. The van der Waals surface area contributed by atoms with E-state index in [-0.39, 0.29) is 62.1 Å². The van der Waals surface area contributed by atoms with E-state index in [1.807, 2.05) is 38.2 Å². The Hall–Kier alpha value is -4.38. The summed E-state index contributed by atoms with van der Waals surface area (Å²) in [6, 6.07) is 6.67. The monoisotopic (exact) mass is 713 g/mol. The number of morpholine rings is 1. The Balaban J connectivity index is 1.13. The Bertz CT molecular complexity index is 1830. The maximum absolute atomic E-state index is 14.7. The van der Waals surface area contributed by atoms with Crippen LogP contribution in [0.5, 0.6) is 0 Å². The molecule has 2 N–H and O–H groups in total. The summed E-state index contributed by atoms with van der Waals surface area (Å²) in [6.45, 7) is 7.32. The number of nitrogens with one attached hydrogen (secondary N) is 1. The summed E-state index contributed by atoms with van der Waals surface area (Å²) in [7, 11) is 0. The number of aliphatic hydroxyl groups is 1. The number of hydrogen-bond acceptors (Lipinski definition) is 11. The van der Waals surface area contributed by atoms with Crippen LogP contribution >= 0.6 is 0 Å². The number of hydrogen-bond donors (Lipinski definition) is 2. The zero-order valence-electron chi connectivity index (χ0n) is 28.9. The van der Waals surface area contributed by atoms with Crippen molar-refractivity contribution in [2.24, 2.45) is 0 Å². The second-order valence-electron chi connectivity index (χ2n) is 13.9. The molecule has 4 aromatic rings. The van der Waals surface area contributed by atoms with Crippen molar-refractivity contribution in [1.29, 1.82) is 0 Å². The molecule has 0 spiro atoms. The van der Waals surface area contributed by atoms with Crippen LogP contribution in [0.2, 0.25) is 0 Å². The first-order valence-corrected chi connectivity index (χ1v) is 17.5. The highest BCUT2D eigenvalue weighted by Crippen LogP contribution is 2.36.